The normalized spacial score (nSPS) is 20.3. The zero-order chi connectivity index (χ0) is 12.1. The number of carbonyl (C=O) groups is 1. The van der Waals surface area contributed by atoms with E-state index in [-0.39, 0.29) is 24.5 Å². The summed E-state index contributed by atoms with van der Waals surface area (Å²) in [5.74, 6) is 1.03. The minimum atomic E-state index is 0.0705. The van der Waals surface area contributed by atoms with Gasteiger partial charge in [-0.05, 0) is 31.3 Å². The van der Waals surface area contributed by atoms with Crippen molar-refractivity contribution in [3.63, 3.8) is 0 Å². The summed E-state index contributed by atoms with van der Waals surface area (Å²) in [5, 5.41) is 15.2. The maximum Gasteiger partial charge on any atom is 0.223 e. The molecule has 0 spiro atoms. The highest BCUT2D eigenvalue weighted by Gasteiger charge is 2.30. The highest BCUT2D eigenvalue weighted by Crippen LogP contribution is 2.17. The molecule has 1 heterocycles. The van der Waals surface area contributed by atoms with Gasteiger partial charge in [0.05, 0.1) is 0 Å². The van der Waals surface area contributed by atoms with E-state index in [4.69, 9.17) is 5.11 Å². The van der Waals surface area contributed by atoms with Crippen LogP contribution in [-0.2, 0) is 4.79 Å². The van der Waals surface area contributed by atoms with Crippen molar-refractivity contribution in [1.82, 2.24) is 10.6 Å². The van der Waals surface area contributed by atoms with Crippen molar-refractivity contribution in [3.8, 4) is 0 Å². The molecule has 0 aromatic carbocycles. The van der Waals surface area contributed by atoms with Crippen LogP contribution in [0, 0.1) is 17.8 Å². The third-order valence-electron chi connectivity index (χ3n) is 3.51. The molecule has 94 valence electrons. The average molecular weight is 228 g/mol. The molecule has 1 rings (SSSR count). The van der Waals surface area contributed by atoms with E-state index in [0.717, 1.165) is 13.1 Å². The molecule has 1 saturated heterocycles. The van der Waals surface area contributed by atoms with Crippen LogP contribution in [0.15, 0.2) is 0 Å². The maximum atomic E-state index is 11.9. The van der Waals surface area contributed by atoms with Crippen LogP contribution in [0.3, 0.4) is 0 Å². The van der Waals surface area contributed by atoms with Gasteiger partial charge < -0.3 is 15.7 Å². The molecular weight excluding hydrogens is 204 g/mol. The predicted octanol–water partition coefficient (Wildman–Crippen LogP) is 0.365. The summed E-state index contributed by atoms with van der Waals surface area (Å²) in [4.78, 5) is 11.9. The summed E-state index contributed by atoms with van der Waals surface area (Å²) in [6.45, 7) is 8.13. The van der Waals surface area contributed by atoms with Gasteiger partial charge in [-0.25, -0.2) is 0 Å². The van der Waals surface area contributed by atoms with E-state index in [9.17, 15) is 4.79 Å². The lowest BCUT2D eigenvalue weighted by atomic mass is 9.87. The first-order valence-electron chi connectivity index (χ1n) is 6.18. The monoisotopic (exact) mass is 228 g/mol. The topological polar surface area (TPSA) is 61.4 Å². The largest absolute Gasteiger partial charge is 0.396 e. The Morgan fingerprint density at radius 3 is 2.44 bits per heavy atom. The van der Waals surface area contributed by atoms with Crippen molar-refractivity contribution in [3.05, 3.63) is 0 Å². The Labute approximate surface area is 97.8 Å². The number of hydrogen-bond acceptors (Lipinski definition) is 3. The van der Waals surface area contributed by atoms with Crippen LogP contribution in [0.1, 0.15) is 27.2 Å². The molecule has 1 aliphatic heterocycles. The Kier molecular flexibility index (Phi) is 5.22. The van der Waals surface area contributed by atoms with E-state index >= 15 is 0 Å². The lowest BCUT2D eigenvalue weighted by molar-refractivity contribution is -0.127. The molecule has 0 bridgehead atoms. The summed E-state index contributed by atoms with van der Waals surface area (Å²) >= 11 is 0. The molecule has 4 nitrogen and oxygen atoms in total. The number of rotatable bonds is 6. The SMILES string of the molecule is CC(C)C(CCO)NC(=O)C(C)C1CNC1. The molecule has 16 heavy (non-hydrogen) atoms. The van der Waals surface area contributed by atoms with Crippen molar-refractivity contribution >= 4 is 5.91 Å². The number of amides is 1. The Bertz CT molecular complexity index is 227. The van der Waals surface area contributed by atoms with E-state index in [1.54, 1.807) is 0 Å². The molecule has 2 unspecified atom stereocenters. The van der Waals surface area contributed by atoms with Crippen molar-refractivity contribution < 1.29 is 9.90 Å². The fourth-order valence-electron chi connectivity index (χ4n) is 1.90. The van der Waals surface area contributed by atoms with E-state index in [0.29, 0.717) is 18.3 Å². The summed E-state index contributed by atoms with van der Waals surface area (Å²) in [5.41, 5.74) is 0. The van der Waals surface area contributed by atoms with Crippen molar-refractivity contribution in [2.45, 2.75) is 33.2 Å². The Morgan fingerprint density at radius 2 is 2.06 bits per heavy atom. The molecule has 2 atom stereocenters. The fraction of sp³-hybridized carbons (Fsp3) is 0.917. The molecule has 1 fully saturated rings. The smallest absolute Gasteiger partial charge is 0.223 e. The molecule has 0 radical (unpaired) electrons. The zero-order valence-corrected chi connectivity index (χ0v) is 10.5. The summed E-state index contributed by atoms with van der Waals surface area (Å²) in [6, 6.07) is 0.0907. The lowest BCUT2D eigenvalue weighted by Gasteiger charge is -2.33. The van der Waals surface area contributed by atoms with Crippen LogP contribution < -0.4 is 10.6 Å². The second-order valence-electron chi connectivity index (χ2n) is 5.08. The van der Waals surface area contributed by atoms with Gasteiger partial charge in [0, 0.05) is 18.6 Å². The summed E-state index contributed by atoms with van der Waals surface area (Å²) in [6.07, 6.45) is 0.638. The van der Waals surface area contributed by atoms with E-state index in [1.165, 1.54) is 0 Å². The van der Waals surface area contributed by atoms with Crippen molar-refractivity contribution in [2.75, 3.05) is 19.7 Å². The second-order valence-corrected chi connectivity index (χ2v) is 5.08. The number of hydrogen-bond donors (Lipinski definition) is 3. The first kappa shape index (κ1) is 13.5. The van der Waals surface area contributed by atoms with Crippen LogP contribution in [0.4, 0.5) is 0 Å². The fourth-order valence-corrected chi connectivity index (χ4v) is 1.90. The van der Waals surface area contributed by atoms with Gasteiger partial charge in [-0.15, -0.1) is 0 Å². The molecule has 3 N–H and O–H groups in total. The Morgan fingerprint density at radius 1 is 1.44 bits per heavy atom. The van der Waals surface area contributed by atoms with Crippen LogP contribution in [0.5, 0.6) is 0 Å². The van der Waals surface area contributed by atoms with Gasteiger partial charge in [-0.1, -0.05) is 20.8 Å². The van der Waals surface area contributed by atoms with Crippen LogP contribution in [0.25, 0.3) is 0 Å². The van der Waals surface area contributed by atoms with Gasteiger partial charge in [0.1, 0.15) is 0 Å². The predicted molar refractivity (Wildman–Crippen MR) is 64.0 cm³/mol. The van der Waals surface area contributed by atoms with Crippen LogP contribution in [-0.4, -0.2) is 36.8 Å². The standard InChI is InChI=1S/C12H24N2O2/c1-8(2)11(4-5-15)14-12(16)9(3)10-6-13-7-10/h8-11,13,15H,4-7H2,1-3H3,(H,14,16). The zero-order valence-electron chi connectivity index (χ0n) is 10.5. The average Bonchev–Trinajstić information content (AvgIpc) is 2.13. The van der Waals surface area contributed by atoms with Gasteiger partial charge in [0.15, 0.2) is 0 Å². The molecule has 1 amide bonds. The number of carbonyl (C=O) groups excluding carboxylic acids is 1. The van der Waals surface area contributed by atoms with E-state index in [1.807, 2.05) is 6.92 Å². The van der Waals surface area contributed by atoms with Crippen LogP contribution >= 0.6 is 0 Å². The first-order valence-corrected chi connectivity index (χ1v) is 6.18. The number of nitrogens with one attached hydrogen (secondary N) is 2. The highest BCUT2D eigenvalue weighted by atomic mass is 16.3. The Hall–Kier alpha value is -0.610. The summed E-state index contributed by atoms with van der Waals surface area (Å²) in [7, 11) is 0. The van der Waals surface area contributed by atoms with Gasteiger partial charge in [0.2, 0.25) is 5.91 Å². The van der Waals surface area contributed by atoms with E-state index in [2.05, 4.69) is 24.5 Å². The molecule has 4 heteroatoms. The third kappa shape index (κ3) is 3.46. The number of aliphatic hydroxyl groups is 1. The van der Waals surface area contributed by atoms with Crippen molar-refractivity contribution in [1.29, 1.82) is 0 Å². The Balaban J connectivity index is 2.40. The third-order valence-corrected chi connectivity index (χ3v) is 3.51. The van der Waals surface area contributed by atoms with Gasteiger partial charge in [-0.3, -0.25) is 4.79 Å². The number of aliphatic hydroxyl groups excluding tert-OH is 1. The van der Waals surface area contributed by atoms with Gasteiger partial charge in [0.25, 0.3) is 0 Å². The van der Waals surface area contributed by atoms with Crippen molar-refractivity contribution in [2.24, 2.45) is 17.8 Å². The minimum absolute atomic E-state index is 0.0705. The molecule has 0 saturated carbocycles. The van der Waals surface area contributed by atoms with Crippen LogP contribution in [0.2, 0.25) is 0 Å². The van der Waals surface area contributed by atoms with Gasteiger partial charge >= 0.3 is 0 Å². The lowest BCUT2D eigenvalue weighted by Crippen LogP contribution is -2.51. The minimum Gasteiger partial charge on any atom is -0.396 e. The quantitative estimate of drug-likeness (QED) is 0.615. The summed E-state index contributed by atoms with van der Waals surface area (Å²) < 4.78 is 0. The molecule has 0 aromatic rings. The molecule has 1 aliphatic rings. The molecule has 0 aromatic heterocycles. The molecular formula is C12H24N2O2. The van der Waals surface area contributed by atoms with E-state index < -0.39 is 0 Å². The second kappa shape index (κ2) is 6.21. The van der Waals surface area contributed by atoms with Gasteiger partial charge in [-0.2, -0.15) is 0 Å². The highest BCUT2D eigenvalue weighted by molar-refractivity contribution is 5.79. The first-order chi connectivity index (χ1) is 7.56. The maximum absolute atomic E-state index is 11.9. The molecule has 0 aliphatic carbocycles.